The van der Waals surface area contributed by atoms with Gasteiger partial charge in [0.15, 0.2) is 0 Å². The molecular formula is C16H15F5O4S. The van der Waals surface area contributed by atoms with Crippen molar-refractivity contribution in [1.29, 1.82) is 0 Å². The molecule has 2 aliphatic carbocycles. The second kappa shape index (κ2) is 6.00. The van der Waals surface area contributed by atoms with Crippen LogP contribution < -0.4 is 0 Å². The number of allylic oxidation sites excluding steroid dienone is 1. The Hall–Kier alpha value is -1.52. The average Bonchev–Trinajstić information content (AvgIpc) is 2.75. The van der Waals surface area contributed by atoms with Crippen LogP contribution in [0.5, 0.6) is 0 Å². The Morgan fingerprint density at radius 3 is 2.38 bits per heavy atom. The van der Waals surface area contributed by atoms with Gasteiger partial charge in [-0.05, 0) is 42.0 Å². The Kier molecular flexibility index (Phi) is 4.44. The molecule has 26 heavy (non-hydrogen) atoms. The molecule has 144 valence electrons. The molecule has 0 fully saturated rings. The Morgan fingerprint density at radius 2 is 1.81 bits per heavy atom. The molecule has 0 bridgehead atoms. The first kappa shape index (κ1) is 19.2. The van der Waals surface area contributed by atoms with Crippen molar-refractivity contribution in [3.8, 4) is 0 Å². The predicted molar refractivity (Wildman–Crippen MR) is 81.1 cm³/mol. The maximum absolute atomic E-state index is 14.0. The highest BCUT2D eigenvalue weighted by molar-refractivity contribution is 7.92. The van der Waals surface area contributed by atoms with Crippen molar-refractivity contribution >= 4 is 15.4 Å². The van der Waals surface area contributed by atoms with Gasteiger partial charge in [-0.15, -0.1) is 0 Å². The number of alkyl halides is 5. The summed E-state index contributed by atoms with van der Waals surface area (Å²) in [6, 6.07) is 1.64. The molecule has 2 aliphatic rings. The molecule has 2 atom stereocenters. The number of aliphatic hydroxyl groups is 2. The van der Waals surface area contributed by atoms with Crippen LogP contribution in [0.4, 0.5) is 22.0 Å². The molecule has 0 radical (unpaired) electrons. The summed E-state index contributed by atoms with van der Waals surface area (Å²) in [5.74, 6) is -3.79. The highest BCUT2D eigenvalue weighted by Gasteiger charge is 2.54. The fourth-order valence-electron chi connectivity index (χ4n) is 3.46. The molecule has 1 aromatic carbocycles. The van der Waals surface area contributed by atoms with Gasteiger partial charge in [-0.25, -0.2) is 17.2 Å². The normalized spacial score (nSPS) is 25.7. The van der Waals surface area contributed by atoms with Gasteiger partial charge in [0, 0.05) is 12.0 Å². The number of sulfone groups is 1. The molecule has 0 heterocycles. The van der Waals surface area contributed by atoms with Crippen molar-refractivity contribution in [3.63, 3.8) is 0 Å². The summed E-state index contributed by atoms with van der Waals surface area (Å²) < 4.78 is 90.3. The summed E-state index contributed by atoms with van der Waals surface area (Å²) in [6.07, 6.45) is -1.73. The lowest BCUT2D eigenvalue weighted by Gasteiger charge is -2.21. The molecule has 4 nitrogen and oxygen atoms in total. The van der Waals surface area contributed by atoms with Crippen LogP contribution in [-0.4, -0.2) is 36.2 Å². The van der Waals surface area contributed by atoms with Gasteiger partial charge in [0.05, 0.1) is 11.0 Å². The lowest BCUT2D eigenvalue weighted by atomic mass is 9.88. The van der Waals surface area contributed by atoms with Gasteiger partial charge < -0.3 is 10.2 Å². The molecule has 3 rings (SSSR count). The molecule has 0 saturated heterocycles. The smallest absolute Gasteiger partial charge is 0.389 e. The van der Waals surface area contributed by atoms with Gasteiger partial charge >= 0.3 is 5.51 Å². The average molecular weight is 398 g/mol. The Bertz CT molecular complexity index is 873. The summed E-state index contributed by atoms with van der Waals surface area (Å²) in [5.41, 5.74) is -6.34. The quantitative estimate of drug-likeness (QED) is 0.751. The zero-order valence-corrected chi connectivity index (χ0v) is 14.0. The Morgan fingerprint density at radius 1 is 1.15 bits per heavy atom. The first-order valence-corrected chi connectivity index (χ1v) is 9.27. The molecule has 0 aromatic heterocycles. The lowest BCUT2D eigenvalue weighted by Crippen LogP contribution is -2.26. The highest BCUT2D eigenvalue weighted by Crippen LogP contribution is 2.50. The lowest BCUT2D eigenvalue weighted by molar-refractivity contribution is -0.0978. The van der Waals surface area contributed by atoms with E-state index in [-0.39, 0.29) is 11.1 Å². The van der Waals surface area contributed by atoms with E-state index in [4.69, 9.17) is 0 Å². The van der Waals surface area contributed by atoms with E-state index in [0.29, 0.717) is 30.9 Å². The summed E-state index contributed by atoms with van der Waals surface area (Å²) in [7, 11) is -5.91. The van der Waals surface area contributed by atoms with Crippen LogP contribution in [0.1, 0.15) is 42.1 Å². The van der Waals surface area contributed by atoms with Gasteiger partial charge in [-0.1, -0.05) is 12.1 Å². The number of rotatable bonds is 2. The topological polar surface area (TPSA) is 74.6 Å². The minimum Gasteiger partial charge on any atom is -0.389 e. The van der Waals surface area contributed by atoms with E-state index in [2.05, 4.69) is 0 Å². The van der Waals surface area contributed by atoms with Gasteiger partial charge in [0.25, 0.3) is 15.8 Å². The van der Waals surface area contributed by atoms with Gasteiger partial charge in [0.2, 0.25) is 0 Å². The third kappa shape index (κ3) is 2.93. The van der Waals surface area contributed by atoms with Crippen LogP contribution >= 0.6 is 0 Å². The number of aliphatic hydroxyl groups excluding tert-OH is 2. The minimum atomic E-state index is -5.91. The second-order valence-electron chi connectivity index (χ2n) is 6.44. The molecule has 0 saturated carbocycles. The first-order valence-electron chi connectivity index (χ1n) is 7.78. The largest absolute Gasteiger partial charge is 0.501 e. The summed E-state index contributed by atoms with van der Waals surface area (Å²) in [4.78, 5) is -1.36. The standard InChI is InChI=1S/C16H15F5O4S/c17-15(18)7-11-10(8-2-1-3-9(22)6-8)4-5-12(13(11)14(15)23)26(24,25)16(19,20)21/h4-6,9,14,22-23H,1-3,7H2. The van der Waals surface area contributed by atoms with E-state index < -0.39 is 50.4 Å². The fourth-order valence-corrected chi connectivity index (χ4v) is 4.48. The van der Waals surface area contributed by atoms with E-state index in [1.807, 2.05) is 0 Å². The molecule has 0 amide bonds. The van der Waals surface area contributed by atoms with Crippen LogP contribution in [0.15, 0.2) is 23.1 Å². The second-order valence-corrected chi connectivity index (χ2v) is 8.35. The third-order valence-electron chi connectivity index (χ3n) is 4.68. The molecule has 1 aromatic rings. The minimum absolute atomic E-state index is 0.135. The molecule has 10 heteroatoms. The number of fused-ring (bicyclic) bond motifs is 1. The predicted octanol–water partition coefficient (Wildman–Crippen LogP) is 3.13. The molecule has 0 aliphatic heterocycles. The van der Waals surface area contributed by atoms with Gasteiger partial charge in [0.1, 0.15) is 6.10 Å². The third-order valence-corrected chi connectivity index (χ3v) is 6.23. The molecular weight excluding hydrogens is 383 g/mol. The molecule has 2 N–H and O–H groups in total. The number of benzene rings is 1. The zero-order chi connectivity index (χ0) is 19.5. The van der Waals surface area contributed by atoms with E-state index in [1.165, 1.54) is 6.08 Å². The van der Waals surface area contributed by atoms with E-state index in [0.717, 1.165) is 6.07 Å². The van der Waals surface area contributed by atoms with Crippen LogP contribution in [0, 0.1) is 0 Å². The zero-order valence-electron chi connectivity index (χ0n) is 13.2. The van der Waals surface area contributed by atoms with Gasteiger partial charge in [-0.2, -0.15) is 13.2 Å². The monoisotopic (exact) mass is 398 g/mol. The maximum Gasteiger partial charge on any atom is 0.501 e. The Labute approximate surface area is 145 Å². The van der Waals surface area contributed by atoms with Crippen LogP contribution in [0.25, 0.3) is 5.57 Å². The molecule has 2 unspecified atom stereocenters. The Balaban J connectivity index is 2.26. The highest BCUT2D eigenvalue weighted by atomic mass is 32.2. The van der Waals surface area contributed by atoms with Crippen molar-refractivity contribution in [2.45, 2.75) is 54.2 Å². The van der Waals surface area contributed by atoms with Crippen molar-refractivity contribution in [2.75, 3.05) is 0 Å². The number of hydrogen-bond acceptors (Lipinski definition) is 4. The number of hydrogen-bond donors (Lipinski definition) is 2. The summed E-state index contributed by atoms with van der Waals surface area (Å²) >= 11 is 0. The van der Waals surface area contributed by atoms with Crippen molar-refractivity contribution in [1.82, 2.24) is 0 Å². The van der Waals surface area contributed by atoms with Crippen LogP contribution in [0.2, 0.25) is 0 Å². The fraction of sp³-hybridized carbons (Fsp3) is 0.500. The van der Waals surface area contributed by atoms with Crippen molar-refractivity contribution in [3.05, 3.63) is 34.9 Å². The van der Waals surface area contributed by atoms with Crippen molar-refractivity contribution < 1.29 is 40.6 Å². The van der Waals surface area contributed by atoms with Crippen molar-refractivity contribution in [2.24, 2.45) is 0 Å². The van der Waals surface area contributed by atoms with Crippen LogP contribution in [0.3, 0.4) is 0 Å². The van der Waals surface area contributed by atoms with E-state index in [9.17, 15) is 40.6 Å². The number of halogens is 5. The molecule has 0 spiro atoms. The van der Waals surface area contributed by atoms with Gasteiger partial charge in [-0.3, -0.25) is 0 Å². The van der Waals surface area contributed by atoms with E-state index >= 15 is 0 Å². The SMILES string of the molecule is O=S(=O)(c1ccc(C2=CC(O)CCC2)c2c1C(O)C(F)(F)C2)C(F)(F)F. The van der Waals surface area contributed by atoms with Crippen LogP contribution in [-0.2, 0) is 16.3 Å². The van der Waals surface area contributed by atoms with E-state index in [1.54, 1.807) is 0 Å². The maximum atomic E-state index is 14.0. The summed E-state index contributed by atoms with van der Waals surface area (Å²) in [6.45, 7) is 0. The first-order chi connectivity index (χ1) is 11.9. The summed E-state index contributed by atoms with van der Waals surface area (Å²) in [5, 5.41) is 19.6.